The van der Waals surface area contributed by atoms with Gasteiger partial charge in [0.2, 0.25) is 5.91 Å². The first-order chi connectivity index (χ1) is 16.3. The monoisotopic (exact) mass is 464 g/mol. The molecule has 2 bridgehead atoms. The molecular formula is C24H20N2O8. The molecule has 0 N–H and O–H groups in total. The van der Waals surface area contributed by atoms with Crippen molar-refractivity contribution in [2.45, 2.75) is 24.3 Å². The largest absolute Gasteiger partial charge is 0.466 e. The van der Waals surface area contributed by atoms with Crippen LogP contribution in [0, 0.1) is 0 Å². The molecule has 10 heteroatoms. The van der Waals surface area contributed by atoms with Crippen LogP contribution < -0.4 is 0 Å². The molecule has 0 saturated carbocycles. The summed E-state index contributed by atoms with van der Waals surface area (Å²) < 4.78 is 15.5. The van der Waals surface area contributed by atoms with Crippen molar-refractivity contribution in [3.05, 3.63) is 70.8 Å². The zero-order valence-electron chi connectivity index (χ0n) is 18.3. The summed E-state index contributed by atoms with van der Waals surface area (Å²) >= 11 is 0. The van der Waals surface area contributed by atoms with E-state index in [1.807, 2.05) is 0 Å². The number of β-lactam (4-membered cyclic amide) rings is 1. The number of rotatable bonds is 6. The van der Waals surface area contributed by atoms with E-state index in [-0.39, 0.29) is 28.8 Å². The van der Waals surface area contributed by atoms with Crippen molar-refractivity contribution in [3.63, 3.8) is 0 Å². The number of carbonyl (C=O) groups excluding carboxylic acids is 5. The minimum absolute atomic E-state index is 0.0177. The third-order valence-corrected chi connectivity index (χ3v) is 6.52. The zero-order chi connectivity index (χ0) is 24.3. The van der Waals surface area contributed by atoms with Gasteiger partial charge in [-0.15, -0.1) is 6.58 Å². The number of fused-ring (bicyclic) bond motifs is 3. The summed E-state index contributed by atoms with van der Waals surface area (Å²) in [4.78, 5) is 66.6. The van der Waals surface area contributed by atoms with Crippen molar-refractivity contribution in [1.29, 1.82) is 0 Å². The van der Waals surface area contributed by atoms with E-state index in [2.05, 4.69) is 6.58 Å². The molecule has 4 aliphatic heterocycles. The van der Waals surface area contributed by atoms with E-state index in [0.29, 0.717) is 5.57 Å². The predicted octanol–water partition coefficient (Wildman–Crippen LogP) is 0.398. The number of carbonyl (C=O) groups is 5. The second kappa shape index (κ2) is 7.77. The summed E-state index contributed by atoms with van der Waals surface area (Å²) in [6, 6.07) is 4.48. The number of amides is 3. The fraction of sp³-hybridized carbons (Fsp3) is 0.292. The van der Waals surface area contributed by atoms with Crippen LogP contribution in [-0.2, 0) is 28.6 Å². The molecule has 1 aromatic rings. The van der Waals surface area contributed by atoms with Crippen molar-refractivity contribution in [1.82, 2.24) is 9.80 Å². The van der Waals surface area contributed by atoms with E-state index in [4.69, 9.17) is 14.2 Å². The number of ether oxygens (including phenoxy) is 3. The SMILES string of the molecule is C=CCN1C(=O)[C@@H](N2C(=O)c3ccccc3C2=O)[C@H]1C1=C[C@@H]2O[C@H]1C(C(=O)OC)=C2C(=O)OC. The van der Waals surface area contributed by atoms with Crippen LogP contribution in [0.25, 0.3) is 0 Å². The van der Waals surface area contributed by atoms with Crippen LogP contribution in [-0.4, -0.2) is 84.5 Å². The Bertz CT molecular complexity index is 1210. The Morgan fingerprint density at radius 2 is 1.59 bits per heavy atom. The van der Waals surface area contributed by atoms with Crippen molar-refractivity contribution in [2.75, 3.05) is 20.8 Å². The molecule has 174 valence electrons. The maximum Gasteiger partial charge on any atom is 0.337 e. The van der Waals surface area contributed by atoms with Crippen LogP contribution in [0.5, 0.6) is 0 Å². The highest BCUT2D eigenvalue weighted by Gasteiger charge is 2.61. The standard InChI is InChI=1S/C24H20N2O8/c1-4-9-25-17(13-10-14-15(23(30)32-2)16(19(13)34-14)24(31)33-3)18(22(25)29)26-20(27)11-7-5-6-8-12(11)21(26)28/h4-8,10,14,17-19H,1,9H2,2-3H3/t14-,17+,18-,19+/m0/s1. The van der Waals surface area contributed by atoms with E-state index in [0.717, 1.165) is 4.90 Å². The van der Waals surface area contributed by atoms with Crippen LogP contribution in [0.4, 0.5) is 0 Å². The minimum Gasteiger partial charge on any atom is -0.466 e. The topological polar surface area (TPSA) is 120 Å². The van der Waals surface area contributed by atoms with E-state index in [1.54, 1.807) is 18.2 Å². The predicted molar refractivity (Wildman–Crippen MR) is 114 cm³/mol. The highest BCUT2D eigenvalue weighted by molar-refractivity contribution is 6.23. The first-order valence-electron chi connectivity index (χ1n) is 10.5. The number of esters is 2. The highest BCUT2D eigenvalue weighted by Crippen LogP contribution is 2.46. The second-order valence-corrected chi connectivity index (χ2v) is 8.11. The summed E-state index contributed by atoms with van der Waals surface area (Å²) in [7, 11) is 2.37. The lowest BCUT2D eigenvalue weighted by Crippen LogP contribution is -2.72. The van der Waals surface area contributed by atoms with Gasteiger partial charge in [-0.05, 0) is 23.8 Å². The average molecular weight is 464 g/mol. The van der Waals surface area contributed by atoms with Gasteiger partial charge in [0.15, 0.2) is 0 Å². The molecule has 0 spiro atoms. The van der Waals surface area contributed by atoms with Crippen molar-refractivity contribution < 1.29 is 38.2 Å². The smallest absolute Gasteiger partial charge is 0.337 e. The van der Waals surface area contributed by atoms with E-state index < -0.39 is 54.0 Å². The van der Waals surface area contributed by atoms with E-state index in [9.17, 15) is 24.0 Å². The van der Waals surface area contributed by atoms with Crippen molar-refractivity contribution in [2.24, 2.45) is 0 Å². The lowest BCUT2D eigenvalue weighted by Gasteiger charge is -2.50. The van der Waals surface area contributed by atoms with E-state index in [1.165, 1.54) is 37.3 Å². The third-order valence-electron chi connectivity index (χ3n) is 6.52. The lowest BCUT2D eigenvalue weighted by atomic mass is 9.79. The van der Waals surface area contributed by atoms with Gasteiger partial charge in [-0.1, -0.05) is 18.2 Å². The third kappa shape index (κ3) is 2.75. The first kappa shape index (κ1) is 21.8. The Morgan fingerprint density at radius 1 is 1.00 bits per heavy atom. The number of hydrogen-bond donors (Lipinski definition) is 0. The molecule has 4 aliphatic rings. The summed E-state index contributed by atoms with van der Waals surface area (Å²) in [5.41, 5.74) is 0.947. The zero-order valence-corrected chi connectivity index (χ0v) is 18.3. The Balaban J connectivity index is 1.54. The van der Waals surface area contributed by atoms with Gasteiger partial charge >= 0.3 is 11.9 Å². The van der Waals surface area contributed by atoms with Crippen LogP contribution in [0.1, 0.15) is 20.7 Å². The molecule has 10 nitrogen and oxygen atoms in total. The van der Waals surface area contributed by atoms with Crippen LogP contribution in [0.2, 0.25) is 0 Å². The van der Waals surface area contributed by atoms with Crippen LogP contribution in [0.15, 0.2) is 59.7 Å². The normalized spacial score (nSPS) is 27.0. The molecule has 4 atom stereocenters. The van der Waals surface area contributed by atoms with Crippen molar-refractivity contribution >= 4 is 29.7 Å². The Kier molecular flexibility index (Phi) is 4.98. The van der Waals surface area contributed by atoms with Gasteiger partial charge in [-0.2, -0.15) is 0 Å². The first-order valence-corrected chi connectivity index (χ1v) is 10.5. The number of likely N-dealkylation sites (tertiary alicyclic amines) is 1. The highest BCUT2D eigenvalue weighted by atomic mass is 16.5. The number of benzene rings is 1. The molecule has 34 heavy (non-hydrogen) atoms. The van der Waals surface area contributed by atoms with Crippen LogP contribution >= 0.6 is 0 Å². The van der Waals surface area contributed by atoms with Gasteiger partial charge in [-0.3, -0.25) is 19.3 Å². The molecule has 5 rings (SSSR count). The number of nitrogens with zero attached hydrogens (tertiary/aromatic N) is 2. The average Bonchev–Trinajstić information content (AvgIpc) is 3.51. The fourth-order valence-corrected chi connectivity index (χ4v) is 5.07. The van der Waals surface area contributed by atoms with Gasteiger partial charge in [0.05, 0.1) is 42.5 Å². The molecule has 3 amide bonds. The maximum atomic E-state index is 13.1. The quantitative estimate of drug-likeness (QED) is 0.257. The molecule has 0 unspecified atom stereocenters. The van der Waals surface area contributed by atoms with Gasteiger partial charge in [0, 0.05) is 6.54 Å². The van der Waals surface area contributed by atoms with Gasteiger partial charge in [0.25, 0.3) is 11.8 Å². The maximum absolute atomic E-state index is 13.1. The lowest BCUT2D eigenvalue weighted by molar-refractivity contribution is -0.152. The summed E-state index contributed by atoms with van der Waals surface area (Å²) in [6.07, 6.45) is 1.27. The molecule has 1 aromatic carbocycles. The Hall–Kier alpha value is -4.05. The van der Waals surface area contributed by atoms with E-state index >= 15 is 0 Å². The molecule has 1 saturated heterocycles. The molecular weight excluding hydrogens is 444 g/mol. The molecule has 4 heterocycles. The van der Waals surface area contributed by atoms with Gasteiger partial charge < -0.3 is 19.1 Å². The number of hydrogen-bond acceptors (Lipinski definition) is 8. The van der Waals surface area contributed by atoms with Gasteiger partial charge in [0.1, 0.15) is 18.2 Å². The minimum atomic E-state index is -1.12. The van der Waals surface area contributed by atoms with Gasteiger partial charge in [-0.25, -0.2) is 9.59 Å². The molecule has 0 aliphatic carbocycles. The Morgan fingerprint density at radius 3 is 2.15 bits per heavy atom. The molecule has 0 aromatic heterocycles. The van der Waals surface area contributed by atoms with Crippen LogP contribution in [0.3, 0.4) is 0 Å². The molecule has 1 fully saturated rings. The summed E-state index contributed by atoms with van der Waals surface area (Å²) in [6.45, 7) is 3.83. The number of imide groups is 1. The fourth-order valence-electron chi connectivity index (χ4n) is 5.07. The summed E-state index contributed by atoms with van der Waals surface area (Å²) in [5, 5.41) is 0. The second-order valence-electron chi connectivity index (χ2n) is 8.11. The summed E-state index contributed by atoms with van der Waals surface area (Å²) in [5.74, 6) is -3.05. The molecule has 0 radical (unpaired) electrons. The van der Waals surface area contributed by atoms with Crippen molar-refractivity contribution in [3.8, 4) is 0 Å². The number of methoxy groups -OCH3 is 2. The Labute approximate surface area is 194 Å².